The highest BCUT2D eigenvalue weighted by Gasteiger charge is 2.15. The number of nitrogens with one attached hydrogen (secondary N) is 2. The molecule has 0 aliphatic carbocycles. The van der Waals surface area contributed by atoms with Gasteiger partial charge in [-0.05, 0) is 28.9 Å². The molecule has 0 aliphatic rings. The molecule has 0 radical (unpaired) electrons. The molecule has 0 spiro atoms. The van der Waals surface area contributed by atoms with Crippen molar-refractivity contribution in [2.45, 2.75) is 13.3 Å². The zero-order valence-electron chi connectivity index (χ0n) is 10.5. The van der Waals surface area contributed by atoms with Gasteiger partial charge in [0.05, 0.1) is 17.0 Å². The van der Waals surface area contributed by atoms with Crippen LogP contribution in [-0.4, -0.2) is 28.6 Å². The molecule has 3 N–H and O–H groups in total. The highest BCUT2D eigenvalue weighted by Crippen LogP contribution is 2.30. The number of hydrogen-bond donors (Lipinski definition) is 3. The average molecular weight is 346 g/mol. The molecule has 2 amide bonds. The number of hydrogen-bond acceptors (Lipinski definition) is 4. The number of carbonyl (C=O) groups excluding carboxylic acids is 1. The maximum atomic E-state index is 11.5. The first kappa shape index (κ1) is 15.9. The molecule has 0 aliphatic heterocycles. The second-order valence-electron chi connectivity index (χ2n) is 3.90. The summed E-state index contributed by atoms with van der Waals surface area (Å²) < 4.78 is 0.494. The summed E-state index contributed by atoms with van der Waals surface area (Å²) in [5.41, 5.74) is 0.572. The van der Waals surface area contributed by atoms with Crippen LogP contribution in [0, 0.1) is 17.0 Å². The highest BCUT2D eigenvalue weighted by atomic mass is 79.9. The second-order valence-corrected chi connectivity index (χ2v) is 4.75. The van der Waals surface area contributed by atoms with Gasteiger partial charge in [-0.3, -0.25) is 14.9 Å². The van der Waals surface area contributed by atoms with Gasteiger partial charge < -0.3 is 15.7 Å². The first-order chi connectivity index (χ1) is 9.31. The molecule has 20 heavy (non-hydrogen) atoms. The van der Waals surface area contributed by atoms with Gasteiger partial charge in [0.25, 0.3) is 5.69 Å². The van der Waals surface area contributed by atoms with Gasteiger partial charge >= 0.3 is 12.0 Å². The predicted octanol–water partition coefficient (Wildman–Crippen LogP) is 2.26. The number of nitro groups is 1. The third-order valence-corrected chi connectivity index (χ3v) is 3.01. The predicted molar refractivity (Wildman–Crippen MR) is 74.8 cm³/mol. The molecular weight excluding hydrogens is 334 g/mol. The number of aryl methyl sites for hydroxylation is 1. The summed E-state index contributed by atoms with van der Waals surface area (Å²) in [7, 11) is 0. The van der Waals surface area contributed by atoms with Crippen LogP contribution in [0.2, 0.25) is 0 Å². The normalized spacial score (nSPS) is 9.90. The molecule has 0 unspecified atom stereocenters. The van der Waals surface area contributed by atoms with Crippen LogP contribution in [0.15, 0.2) is 16.6 Å². The van der Waals surface area contributed by atoms with Gasteiger partial charge in [-0.2, -0.15) is 0 Å². The molecule has 1 aromatic rings. The fraction of sp³-hybridized carbons (Fsp3) is 0.273. The van der Waals surface area contributed by atoms with Crippen molar-refractivity contribution in [3.63, 3.8) is 0 Å². The molecule has 0 saturated carbocycles. The number of carbonyl (C=O) groups is 2. The van der Waals surface area contributed by atoms with E-state index < -0.39 is 16.9 Å². The molecule has 9 heteroatoms. The molecule has 0 atom stereocenters. The Labute approximate surface area is 122 Å². The first-order valence-corrected chi connectivity index (χ1v) is 6.31. The number of urea groups is 1. The van der Waals surface area contributed by atoms with Crippen LogP contribution in [0.5, 0.6) is 0 Å². The zero-order chi connectivity index (χ0) is 15.3. The number of amides is 2. The van der Waals surface area contributed by atoms with Crippen molar-refractivity contribution in [1.29, 1.82) is 0 Å². The minimum absolute atomic E-state index is 0.0350. The van der Waals surface area contributed by atoms with Crippen molar-refractivity contribution in [3.8, 4) is 0 Å². The highest BCUT2D eigenvalue weighted by molar-refractivity contribution is 9.10. The Morgan fingerprint density at radius 2 is 2.10 bits per heavy atom. The fourth-order valence-electron chi connectivity index (χ4n) is 1.40. The van der Waals surface area contributed by atoms with Crippen molar-refractivity contribution >= 4 is 39.3 Å². The SMILES string of the molecule is Cc1cc(Br)c(NC(=O)NCCC(=O)O)cc1[N+](=O)[O-]. The Morgan fingerprint density at radius 1 is 1.45 bits per heavy atom. The smallest absolute Gasteiger partial charge is 0.319 e. The lowest BCUT2D eigenvalue weighted by Crippen LogP contribution is -2.30. The topological polar surface area (TPSA) is 122 Å². The van der Waals surface area contributed by atoms with E-state index in [9.17, 15) is 19.7 Å². The number of nitrogens with zero attached hydrogens (tertiary/aromatic N) is 1. The number of aliphatic carboxylic acids is 1. The van der Waals surface area contributed by atoms with Crippen LogP contribution in [0.25, 0.3) is 0 Å². The number of nitro benzene ring substituents is 1. The van der Waals surface area contributed by atoms with Gasteiger partial charge in [-0.25, -0.2) is 4.79 Å². The van der Waals surface area contributed by atoms with Crippen LogP contribution >= 0.6 is 15.9 Å². The zero-order valence-corrected chi connectivity index (χ0v) is 12.1. The Hall–Kier alpha value is -2.16. The van der Waals surface area contributed by atoms with Crippen LogP contribution in [0.3, 0.4) is 0 Å². The Bertz CT molecular complexity index is 561. The largest absolute Gasteiger partial charge is 0.481 e. The van der Waals surface area contributed by atoms with E-state index in [-0.39, 0.29) is 24.3 Å². The van der Waals surface area contributed by atoms with Gasteiger partial charge in [-0.15, -0.1) is 0 Å². The van der Waals surface area contributed by atoms with E-state index in [4.69, 9.17) is 5.11 Å². The first-order valence-electron chi connectivity index (χ1n) is 5.52. The molecule has 0 saturated heterocycles. The minimum atomic E-state index is -1.03. The Balaban J connectivity index is 2.76. The summed E-state index contributed by atoms with van der Waals surface area (Å²) in [6.07, 6.45) is -0.206. The van der Waals surface area contributed by atoms with Crippen LogP contribution in [-0.2, 0) is 4.79 Å². The number of carboxylic acids is 1. The summed E-state index contributed by atoms with van der Waals surface area (Å²) in [5.74, 6) is -1.03. The maximum absolute atomic E-state index is 11.5. The third kappa shape index (κ3) is 4.50. The second kappa shape index (κ2) is 6.85. The van der Waals surface area contributed by atoms with E-state index in [2.05, 4.69) is 26.6 Å². The van der Waals surface area contributed by atoms with Gasteiger partial charge in [0.1, 0.15) is 0 Å². The van der Waals surface area contributed by atoms with Crippen molar-refractivity contribution in [2.75, 3.05) is 11.9 Å². The van der Waals surface area contributed by atoms with Crippen molar-refractivity contribution in [2.24, 2.45) is 0 Å². The molecule has 1 aromatic carbocycles. The summed E-state index contributed by atoms with van der Waals surface area (Å²) >= 11 is 3.19. The summed E-state index contributed by atoms with van der Waals surface area (Å²) in [6, 6.07) is 2.12. The molecule has 1 rings (SSSR count). The maximum Gasteiger partial charge on any atom is 0.319 e. The van der Waals surface area contributed by atoms with E-state index in [0.29, 0.717) is 10.0 Å². The van der Waals surface area contributed by atoms with E-state index in [1.165, 1.54) is 12.1 Å². The lowest BCUT2D eigenvalue weighted by atomic mass is 10.2. The monoisotopic (exact) mass is 345 g/mol. The lowest BCUT2D eigenvalue weighted by molar-refractivity contribution is -0.385. The van der Waals surface area contributed by atoms with Crippen LogP contribution in [0.4, 0.5) is 16.2 Å². The molecule has 108 valence electrons. The fourth-order valence-corrected chi connectivity index (χ4v) is 1.96. The van der Waals surface area contributed by atoms with Crippen molar-refractivity contribution < 1.29 is 19.6 Å². The van der Waals surface area contributed by atoms with Gasteiger partial charge in [0.15, 0.2) is 0 Å². The van der Waals surface area contributed by atoms with Gasteiger partial charge in [0.2, 0.25) is 0 Å². The molecule has 0 heterocycles. The van der Waals surface area contributed by atoms with Crippen molar-refractivity contribution in [3.05, 3.63) is 32.3 Å². The quantitative estimate of drug-likeness (QED) is 0.558. The molecule has 0 fully saturated rings. The number of benzene rings is 1. The van der Waals surface area contributed by atoms with E-state index in [1.807, 2.05) is 0 Å². The van der Waals surface area contributed by atoms with E-state index in [1.54, 1.807) is 6.92 Å². The molecular formula is C11H12BrN3O5. The number of halogens is 1. The van der Waals surface area contributed by atoms with Gasteiger partial charge in [-0.1, -0.05) is 0 Å². The van der Waals surface area contributed by atoms with Gasteiger partial charge in [0, 0.05) is 22.6 Å². The summed E-state index contributed by atoms with van der Waals surface area (Å²) in [5, 5.41) is 24.0. The molecule has 0 aromatic heterocycles. The van der Waals surface area contributed by atoms with E-state index in [0.717, 1.165) is 0 Å². The Kier molecular flexibility index (Phi) is 5.44. The standard InChI is InChI=1S/C11H12BrN3O5/c1-6-4-7(12)8(5-9(6)15(19)20)14-11(18)13-3-2-10(16)17/h4-5H,2-3H2,1H3,(H,16,17)(H2,13,14,18). The third-order valence-electron chi connectivity index (χ3n) is 2.35. The van der Waals surface area contributed by atoms with Crippen molar-refractivity contribution in [1.82, 2.24) is 5.32 Å². The number of carboxylic acid groups (broad SMARTS) is 1. The minimum Gasteiger partial charge on any atom is -0.481 e. The van der Waals surface area contributed by atoms with Crippen LogP contribution < -0.4 is 10.6 Å². The summed E-state index contributed by atoms with van der Waals surface area (Å²) in [4.78, 5) is 32.1. The number of anilines is 1. The van der Waals surface area contributed by atoms with Crippen LogP contribution in [0.1, 0.15) is 12.0 Å². The van der Waals surface area contributed by atoms with E-state index >= 15 is 0 Å². The molecule has 8 nitrogen and oxygen atoms in total. The summed E-state index contributed by atoms with van der Waals surface area (Å²) in [6.45, 7) is 1.55. The Morgan fingerprint density at radius 3 is 2.65 bits per heavy atom. The number of rotatable bonds is 5. The molecule has 0 bridgehead atoms. The average Bonchev–Trinajstić information content (AvgIpc) is 2.31. The lowest BCUT2D eigenvalue weighted by Gasteiger charge is -2.09.